The van der Waals surface area contributed by atoms with Gasteiger partial charge in [0, 0.05) is 43.2 Å². The van der Waals surface area contributed by atoms with Crippen molar-refractivity contribution in [3.05, 3.63) is 0 Å². The molecule has 0 bridgehead atoms. The molecule has 0 fully saturated rings. The number of methoxy groups -OCH3 is 2. The van der Waals surface area contributed by atoms with Crippen LogP contribution in [0.4, 0.5) is 9.59 Å². The molecule has 0 amide bonds. The standard InChI is InChI=1S/C6H6N2O4S2.C4H6N4.C2H8N2/c1-11-5(9)13-4(8-3-7)14-6(10)12-2;5-3-8-4-6-1-2-7-4;3-1-2-4/h1-2H3;1-2H2,(H2,6,7,8);1-4H2. The molecule has 26 heavy (non-hydrogen) atoms. The van der Waals surface area contributed by atoms with E-state index in [-0.39, 0.29) is 4.38 Å². The second-order valence-corrected chi connectivity index (χ2v) is 5.67. The van der Waals surface area contributed by atoms with Gasteiger partial charge >= 0.3 is 10.6 Å². The molecule has 12 nitrogen and oxygen atoms in total. The zero-order valence-electron chi connectivity index (χ0n) is 14.2. The van der Waals surface area contributed by atoms with Crippen molar-refractivity contribution in [2.24, 2.45) is 21.5 Å². The lowest BCUT2D eigenvalue weighted by Crippen LogP contribution is -2.29. The first-order valence-corrected chi connectivity index (χ1v) is 8.44. The van der Waals surface area contributed by atoms with Gasteiger partial charge in [0.05, 0.1) is 20.8 Å². The smallest absolute Gasteiger partial charge is 0.373 e. The van der Waals surface area contributed by atoms with Gasteiger partial charge in [-0.05, 0) is 0 Å². The average Bonchev–Trinajstić information content (AvgIpc) is 3.16. The highest BCUT2D eigenvalue weighted by Crippen LogP contribution is 2.20. The molecule has 0 aromatic rings. The van der Waals surface area contributed by atoms with Crippen molar-refractivity contribution in [3.8, 4) is 12.4 Å². The first-order valence-electron chi connectivity index (χ1n) is 6.80. The van der Waals surface area contributed by atoms with Crippen molar-refractivity contribution in [1.29, 1.82) is 10.5 Å². The Kier molecular flexibility index (Phi) is 18.6. The minimum Gasteiger partial charge on any atom is -0.461 e. The maximum atomic E-state index is 10.8. The van der Waals surface area contributed by atoms with Gasteiger partial charge in [-0.2, -0.15) is 15.5 Å². The van der Waals surface area contributed by atoms with Crippen molar-refractivity contribution in [1.82, 2.24) is 10.6 Å². The number of nitrogens with two attached hydrogens (primary N) is 2. The maximum Gasteiger partial charge on any atom is 0.373 e. The highest BCUT2D eigenvalue weighted by atomic mass is 32.2. The largest absolute Gasteiger partial charge is 0.461 e. The van der Waals surface area contributed by atoms with Crippen LogP contribution in [0.15, 0.2) is 9.98 Å². The Balaban J connectivity index is 0. The highest BCUT2D eigenvalue weighted by molar-refractivity contribution is 8.49. The highest BCUT2D eigenvalue weighted by Gasteiger charge is 2.14. The Hall–Kier alpha value is -2.52. The molecule has 144 valence electrons. The van der Waals surface area contributed by atoms with Crippen LogP contribution in [0.25, 0.3) is 0 Å². The Labute approximate surface area is 159 Å². The number of carbonyl (C=O) groups excluding carboxylic acids is 2. The fourth-order valence-corrected chi connectivity index (χ4v) is 2.07. The fourth-order valence-electron chi connectivity index (χ4n) is 0.868. The average molecular weight is 404 g/mol. The monoisotopic (exact) mass is 404 g/mol. The number of nitrogens with zero attached hydrogens (tertiary/aromatic N) is 4. The summed E-state index contributed by atoms with van der Waals surface area (Å²) in [7, 11) is 2.37. The van der Waals surface area contributed by atoms with E-state index in [4.69, 9.17) is 22.0 Å². The number of hydrogen-bond acceptors (Lipinski definition) is 14. The molecule has 1 aliphatic rings. The SMILES string of the molecule is COC(=O)SC(=NC#N)SC(=O)OC.N#CNC1=NCCN1.NCCN. The minimum absolute atomic E-state index is 0.0359. The van der Waals surface area contributed by atoms with E-state index in [1.807, 2.05) is 0 Å². The third-order valence-electron chi connectivity index (χ3n) is 1.83. The zero-order chi connectivity index (χ0) is 20.2. The maximum absolute atomic E-state index is 10.8. The molecule has 0 saturated carbocycles. The van der Waals surface area contributed by atoms with Crippen LogP contribution >= 0.6 is 23.5 Å². The number of guanidine groups is 1. The molecule has 1 heterocycles. The van der Waals surface area contributed by atoms with Crippen LogP contribution < -0.4 is 22.1 Å². The molecule has 0 aliphatic carbocycles. The van der Waals surface area contributed by atoms with Crippen LogP contribution in [0.1, 0.15) is 0 Å². The Morgan fingerprint density at radius 1 is 1.27 bits per heavy atom. The van der Waals surface area contributed by atoms with Crippen LogP contribution in [0.3, 0.4) is 0 Å². The Bertz CT molecular complexity index is 549. The van der Waals surface area contributed by atoms with Gasteiger partial charge in [0.2, 0.25) is 12.2 Å². The quantitative estimate of drug-likeness (QED) is 0.147. The van der Waals surface area contributed by atoms with E-state index in [0.717, 1.165) is 13.1 Å². The number of carbonyl (C=O) groups is 2. The Morgan fingerprint density at radius 2 is 1.81 bits per heavy atom. The lowest BCUT2D eigenvalue weighted by Gasteiger charge is -1.99. The second kappa shape index (κ2) is 18.8. The number of aliphatic imine (C=N–C) groups is 2. The van der Waals surface area contributed by atoms with Crippen LogP contribution in [-0.2, 0) is 9.47 Å². The van der Waals surface area contributed by atoms with Crippen molar-refractivity contribution >= 4 is 44.5 Å². The van der Waals surface area contributed by atoms with E-state index in [9.17, 15) is 9.59 Å². The first-order chi connectivity index (χ1) is 12.5. The molecule has 1 aliphatic heterocycles. The van der Waals surface area contributed by atoms with Gasteiger partial charge in [0.1, 0.15) is 0 Å². The number of nitrogens with one attached hydrogen (secondary N) is 2. The van der Waals surface area contributed by atoms with Gasteiger partial charge < -0.3 is 26.3 Å². The van der Waals surface area contributed by atoms with Gasteiger partial charge in [-0.25, -0.2) is 9.59 Å². The third-order valence-corrected chi connectivity index (χ3v) is 3.53. The fraction of sp³-hybridized carbons (Fsp3) is 0.500. The van der Waals surface area contributed by atoms with Crippen LogP contribution in [0.5, 0.6) is 0 Å². The number of rotatable bonds is 1. The van der Waals surface area contributed by atoms with Gasteiger partial charge in [-0.3, -0.25) is 10.3 Å². The van der Waals surface area contributed by atoms with Crippen LogP contribution in [0.2, 0.25) is 0 Å². The summed E-state index contributed by atoms with van der Waals surface area (Å²) >= 11 is 1.08. The lowest BCUT2D eigenvalue weighted by atomic mass is 10.7. The van der Waals surface area contributed by atoms with Crippen LogP contribution in [-0.4, -0.2) is 61.3 Å². The van der Waals surface area contributed by atoms with Gasteiger partial charge in [0.15, 0.2) is 10.6 Å². The van der Waals surface area contributed by atoms with E-state index in [2.05, 4.69) is 30.1 Å². The molecule has 0 spiro atoms. The number of thioether (sulfide) groups is 2. The summed E-state index contributed by atoms with van der Waals surface area (Å²) in [5.41, 5.74) is 9.81. The molecule has 0 aromatic carbocycles. The number of hydrogen-bond donors (Lipinski definition) is 4. The minimum atomic E-state index is -0.657. The van der Waals surface area contributed by atoms with E-state index in [1.165, 1.54) is 20.4 Å². The summed E-state index contributed by atoms with van der Waals surface area (Å²) in [6.45, 7) is 2.80. The topological polar surface area (TPSA) is 201 Å². The normalized spacial score (nSPS) is 10.6. The summed E-state index contributed by atoms with van der Waals surface area (Å²) in [6.07, 6.45) is 3.22. The molecule has 1 rings (SSSR count). The summed E-state index contributed by atoms with van der Waals surface area (Å²) in [5, 5.41) is 20.2. The van der Waals surface area contributed by atoms with E-state index in [1.54, 1.807) is 6.19 Å². The first kappa shape index (κ1) is 25.7. The van der Waals surface area contributed by atoms with Crippen molar-refractivity contribution in [2.75, 3.05) is 40.4 Å². The van der Waals surface area contributed by atoms with Crippen molar-refractivity contribution < 1.29 is 19.1 Å². The Morgan fingerprint density at radius 3 is 2.12 bits per heavy atom. The van der Waals surface area contributed by atoms with E-state index < -0.39 is 10.6 Å². The number of nitriles is 2. The number of ether oxygens (including phenoxy) is 2. The molecule has 0 saturated heterocycles. The van der Waals surface area contributed by atoms with E-state index in [0.29, 0.717) is 42.6 Å². The summed E-state index contributed by atoms with van der Waals surface area (Å²) in [5.74, 6) is 0.590. The molecule has 0 radical (unpaired) electrons. The summed E-state index contributed by atoms with van der Waals surface area (Å²) < 4.78 is 8.59. The molecule has 0 unspecified atom stereocenters. The lowest BCUT2D eigenvalue weighted by molar-refractivity contribution is 0.200. The van der Waals surface area contributed by atoms with Gasteiger partial charge in [-0.15, -0.1) is 0 Å². The summed E-state index contributed by atoms with van der Waals surface area (Å²) in [6, 6.07) is 0. The zero-order valence-corrected chi connectivity index (χ0v) is 15.9. The van der Waals surface area contributed by atoms with Gasteiger partial charge in [0.25, 0.3) is 0 Å². The molecular weight excluding hydrogens is 384 g/mol. The molecule has 14 heteroatoms. The van der Waals surface area contributed by atoms with E-state index >= 15 is 0 Å². The van der Waals surface area contributed by atoms with Crippen LogP contribution in [0, 0.1) is 22.9 Å². The predicted octanol–water partition coefficient (Wildman–Crippen LogP) is -0.257. The molecule has 0 atom stereocenters. The molecule has 6 N–H and O–H groups in total. The second-order valence-electron chi connectivity index (χ2n) is 3.56. The molecule has 0 aromatic heterocycles. The summed E-state index contributed by atoms with van der Waals surface area (Å²) in [4.78, 5) is 28.6. The van der Waals surface area contributed by atoms with Crippen molar-refractivity contribution in [2.45, 2.75) is 0 Å². The van der Waals surface area contributed by atoms with Gasteiger partial charge in [-0.1, -0.05) is 0 Å². The third kappa shape index (κ3) is 16.3. The molecular formula is C12H20N8O4S2. The van der Waals surface area contributed by atoms with Crippen molar-refractivity contribution in [3.63, 3.8) is 0 Å². The predicted molar refractivity (Wildman–Crippen MR) is 100 cm³/mol.